The highest BCUT2D eigenvalue weighted by Gasteiger charge is 2.34. The topological polar surface area (TPSA) is 105 Å². The van der Waals surface area contributed by atoms with Crippen molar-refractivity contribution in [3.63, 3.8) is 0 Å². The van der Waals surface area contributed by atoms with Crippen LogP contribution in [0.5, 0.6) is 11.5 Å². The Hall–Kier alpha value is -4.18. The lowest BCUT2D eigenvalue weighted by atomic mass is 9.87. The molecule has 0 unspecified atom stereocenters. The second-order valence-electron chi connectivity index (χ2n) is 10.7. The Morgan fingerprint density at radius 3 is 2.36 bits per heavy atom. The maximum atomic E-state index is 13.9. The fourth-order valence-corrected chi connectivity index (χ4v) is 5.66. The Kier molecular flexibility index (Phi) is 9.36. The van der Waals surface area contributed by atoms with Gasteiger partial charge in [0.05, 0.1) is 42.2 Å². The molecule has 1 aliphatic heterocycles. The van der Waals surface area contributed by atoms with Crippen LogP contribution in [0.1, 0.15) is 64.3 Å². The summed E-state index contributed by atoms with van der Waals surface area (Å²) >= 11 is 1.26. The van der Waals surface area contributed by atoms with Crippen LogP contribution in [0.4, 0.5) is 0 Å². The molecule has 222 valence electrons. The zero-order valence-electron chi connectivity index (χ0n) is 25.0. The lowest BCUT2D eigenvalue weighted by Gasteiger charge is -2.25. The van der Waals surface area contributed by atoms with E-state index in [0.717, 1.165) is 5.56 Å². The molecule has 2 aromatic carbocycles. The average molecular weight is 593 g/mol. The quantitative estimate of drug-likeness (QED) is 0.345. The number of thiazole rings is 1. The molecule has 1 atom stereocenters. The number of aromatic nitrogens is 1. The summed E-state index contributed by atoms with van der Waals surface area (Å²) in [6.07, 6.45) is 1.84. The van der Waals surface area contributed by atoms with Crippen molar-refractivity contribution in [1.29, 1.82) is 0 Å². The highest BCUT2D eigenvalue weighted by Crippen LogP contribution is 2.36. The smallest absolute Gasteiger partial charge is 0.343 e. The number of fused-ring (bicyclic) bond motifs is 1. The van der Waals surface area contributed by atoms with Crippen LogP contribution >= 0.6 is 11.3 Å². The number of allylic oxidation sites excluding steroid dienone is 1. The maximum absolute atomic E-state index is 13.9. The van der Waals surface area contributed by atoms with Gasteiger partial charge in [-0.3, -0.25) is 9.36 Å². The third-order valence-electron chi connectivity index (χ3n) is 6.75. The summed E-state index contributed by atoms with van der Waals surface area (Å²) < 4.78 is 23.5. The Bertz CT molecular complexity index is 1690. The fraction of sp³-hybridized carbons (Fsp3) is 0.375. The summed E-state index contributed by atoms with van der Waals surface area (Å²) in [5, 5.41) is 0. The van der Waals surface area contributed by atoms with Crippen LogP contribution in [0.2, 0.25) is 0 Å². The van der Waals surface area contributed by atoms with Crippen molar-refractivity contribution in [2.45, 2.75) is 53.0 Å². The third kappa shape index (κ3) is 6.49. The molecule has 1 aliphatic rings. The van der Waals surface area contributed by atoms with E-state index in [1.165, 1.54) is 28.6 Å². The average Bonchev–Trinajstić information content (AvgIpc) is 3.25. The van der Waals surface area contributed by atoms with Crippen molar-refractivity contribution in [1.82, 2.24) is 4.57 Å². The van der Waals surface area contributed by atoms with E-state index in [2.05, 4.69) is 42.6 Å². The Morgan fingerprint density at radius 2 is 1.74 bits per heavy atom. The Labute approximate surface area is 248 Å². The van der Waals surface area contributed by atoms with Gasteiger partial charge in [-0.2, -0.15) is 0 Å². The zero-order valence-corrected chi connectivity index (χ0v) is 25.8. The number of hydrogen-bond acceptors (Lipinski definition) is 9. The Balaban J connectivity index is 1.87. The van der Waals surface area contributed by atoms with E-state index in [9.17, 15) is 14.4 Å². The molecule has 2 heterocycles. The van der Waals surface area contributed by atoms with E-state index in [-0.39, 0.29) is 29.8 Å². The molecule has 0 aliphatic carbocycles. The van der Waals surface area contributed by atoms with E-state index >= 15 is 0 Å². The van der Waals surface area contributed by atoms with Gasteiger partial charge in [-0.25, -0.2) is 14.6 Å². The number of hydrogen-bond donors (Lipinski definition) is 0. The summed E-state index contributed by atoms with van der Waals surface area (Å²) in [4.78, 5) is 44.0. The normalized spacial score (nSPS) is 15.1. The first kappa shape index (κ1) is 30.8. The minimum atomic E-state index is -0.820. The molecule has 1 aromatic heterocycles. The van der Waals surface area contributed by atoms with Crippen LogP contribution in [0.3, 0.4) is 0 Å². The Morgan fingerprint density at radius 1 is 1.02 bits per heavy atom. The lowest BCUT2D eigenvalue weighted by molar-refractivity contribution is -0.143. The molecule has 0 saturated heterocycles. The molecule has 9 nitrogen and oxygen atoms in total. The SMILES string of the molecule is CCOC(=O)C1=C(C)N=c2s/c(=C\c3ccc(C(C)(C)C)cc3)c(=O)n2[C@@H]1c1ccc(OCC(=O)OC)c(OCC)c1. The molecule has 0 bridgehead atoms. The summed E-state index contributed by atoms with van der Waals surface area (Å²) in [6, 6.07) is 12.4. The number of nitrogens with zero attached hydrogens (tertiary/aromatic N) is 2. The number of carbonyl (C=O) groups excluding carboxylic acids is 2. The first-order valence-corrected chi connectivity index (χ1v) is 14.6. The molecule has 0 radical (unpaired) electrons. The van der Waals surface area contributed by atoms with Crippen molar-refractivity contribution < 1.29 is 28.5 Å². The van der Waals surface area contributed by atoms with Gasteiger partial charge in [-0.1, -0.05) is 62.4 Å². The van der Waals surface area contributed by atoms with E-state index < -0.39 is 18.0 Å². The largest absolute Gasteiger partial charge is 0.490 e. The molecule has 0 fully saturated rings. The van der Waals surface area contributed by atoms with Gasteiger partial charge in [0.25, 0.3) is 5.56 Å². The van der Waals surface area contributed by atoms with Crippen LogP contribution in [-0.4, -0.2) is 43.4 Å². The molecule has 3 aromatic rings. The summed E-state index contributed by atoms with van der Waals surface area (Å²) in [5.74, 6) is -0.405. The van der Waals surface area contributed by atoms with Gasteiger partial charge in [0, 0.05) is 0 Å². The summed E-state index contributed by atoms with van der Waals surface area (Å²) in [7, 11) is 1.28. The number of esters is 2. The molecule has 0 spiro atoms. The van der Waals surface area contributed by atoms with E-state index in [1.807, 2.05) is 25.1 Å². The lowest BCUT2D eigenvalue weighted by Crippen LogP contribution is -2.40. The molecule has 0 saturated carbocycles. The minimum Gasteiger partial charge on any atom is -0.490 e. The standard InChI is InChI=1S/C32H36N2O7S/c1-8-39-24-17-21(12-15-23(24)41-18-26(35)38-7)28-27(30(37)40-9-2)19(3)33-31-34(28)29(36)25(42-31)16-20-10-13-22(14-11-20)32(4,5)6/h10-17,28H,8-9,18H2,1-7H3/b25-16-/t28-/m1/s1. The van der Waals surface area contributed by atoms with Crippen molar-refractivity contribution in [3.8, 4) is 11.5 Å². The highest BCUT2D eigenvalue weighted by atomic mass is 32.1. The van der Waals surface area contributed by atoms with E-state index in [4.69, 9.17) is 14.2 Å². The first-order valence-electron chi connectivity index (χ1n) is 13.7. The van der Waals surface area contributed by atoms with Crippen LogP contribution in [0.25, 0.3) is 6.08 Å². The number of rotatable bonds is 9. The fourth-order valence-electron chi connectivity index (χ4n) is 4.62. The number of carbonyl (C=O) groups is 2. The van der Waals surface area contributed by atoms with Gasteiger partial charge in [0.2, 0.25) is 0 Å². The predicted molar refractivity (Wildman–Crippen MR) is 161 cm³/mol. The van der Waals surface area contributed by atoms with Gasteiger partial charge >= 0.3 is 11.9 Å². The molecule has 0 amide bonds. The third-order valence-corrected chi connectivity index (χ3v) is 7.73. The summed E-state index contributed by atoms with van der Waals surface area (Å²) in [5.41, 5.74) is 3.14. The van der Waals surface area contributed by atoms with Crippen molar-refractivity contribution in [3.05, 3.63) is 90.1 Å². The summed E-state index contributed by atoms with van der Waals surface area (Å²) in [6.45, 7) is 11.9. The molecule has 4 rings (SSSR count). The second-order valence-corrected chi connectivity index (χ2v) is 11.7. The van der Waals surface area contributed by atoms with Crippen molar-refractivity contribution in [2.75, 3.05) is 26.9 Å². The van der Waals surface area contributed by atoms with Crippen molar-refractivity contribution in [2.24, 2.45) is 4.99 Å². The minimum absolute atomic E-state index is 0.0130. The van der Waals surface area contributed by atoms with Gasteiger partial charge < -0.3 is 18.9 Å². The van der Waals surface area contributed by atoms with Crippen LogP contribution in [0, 0.1) is 0 Å². The van der Waals surface area contributed by atoms with Crippen molar-refractivity contribution >= 4 is 29.4 Å². The van der Waals surface area contributed by atoms with Crippen LogP contribution < -0.4 is 24.4 Å². The first-order chi connectivity index (χ1) is 20.0. The predicted octanol–water partition coefficient (Wildman–Crippen LogP) is 4.05. The molecular weight excluding hydrogens is 556 g/mol. The highest BCUT2D eigenvalue weighted by molar-refractivity contribution is 7.07. The number of benzene rings is 2. The number of ether oxygens (including phenoxy) is 4. The van der Waals surface area contributed by atoms with Crippen LogP contribution in [0.15, 0.2) is 63.5 Å². The molecule has 0 N–H and O–H groups in total. The maximum Gasteiger partial charge on any atom is 0.343 e. The molecule has 42 heavy (non-hydrogen) atoms. The van der Waals surface area contributed by atoms with E-state index in [0.29, 0.717) is 38.7 Å². The molecular formula is C32H36N2O7S. The van der Waals surface area contributed by atoms with Gasteiger partial charge in [-0.05, 0) is 61.1 Å². The van der Waals surface area contributed by atoms with Gasteiger partial charge in [-0.15, -0.1) is 0 Å². The van der Waals surface area contributed by atoms with Gasteiger partial charge in [0.15, 0.2) is 22.9 Å². The monoisotopic (exact) mass is 592 g/mol. The van der Waals surface area contributed by atoms with E-state index in [1.54, 1.807) is 32.0 Å². The second kappa shape index (κ2) is 12.8. The zero-order chi connectivity index (χ0) is 30.6. The van der Waals surface area contributed by atoms with Crippen LogP contribution in [-0.2, 0) is 24.5 Å². The number of methoxy groups -OCH3 is 1. The van der Waals surface area contributed by atoms with Gasteiger partial charge in [0.1, 0.15) is 0 Å². The molecule has 10 heteroatoms.